The van der Waals surface area contributed by atoms with Gasteiger partial charge in [-0.1, -0.05) is 42.5 Å². The second-order valence-corrected chi connectivity index (χ2v) is 6.21. The number of ether oxygens (including phenoxy) is 1. The first-order valence-electron chi connectivity index (χ1n) is 8.93. The van der Waals surface area contributed by atoms with Gasteiger partial charge in [-0.15, -0.1) is 0 Å². The summed E-state index contributed by atoms with van der Waals surface area (Å²) in [6.07, 6.45) is 1.59. The summed E-state index contributed by atoms with van der Waals surface area (Å²) in [6.45, 7) is -0.170. The second kappa shape index (κ2) is 9.36. The van der Waals surface area contributed by atoms with E-state index in [-0.39, 0.29) is 30.5 Å². The van der Waals surface area contributed by atoms with Crippen molar-refractivity contribution in [2.24, 2.45) is 0 Å². The number of benzene rings is 2. The number of hydrogen-bond acceptors (Lipinski definition) is 5. The van der Waals surface area contributed by atoms with Crippen molar-refractivity contribution in [1.82, 2.24) is 5.32 Å². The maximum absolute atomic E-state index is 12.6. The molecule has 148 valence electrons. The SMILES string of the molecule is COC(=O)CNC(=O)Cc1ccc(NC(=O)c2occc2-c2ccccc2)cc1. The smallest absolute Gasteiger partial charge is 0.325 e. The summed E-state index contributed by atoms with van der Waals surface area (Å²) >= 11 is 0. The van der Waals surface area contributed by atoms with E-state index in [2.05, 4.69) is 15.4 Å². The Morgan fingerprint density at radius 1 is 0.966 bits per heavy atom. The number of methoxy groups -OCH3 is 1. The lowest BCUT2D eigenvalue weighted by Gasteiger charge is -2.07. The highest BCUT2D eigenvalue weighted by Crippen LogP contribution is 2.25. The standard InChI is InChI=1S/C22H20N2O5/c1-28-20(26)14-23-19(25)13-15-7-9-17(10-8-15)24-22(27)21-18(11-12-29-21)16-5-3-2-4-6-16/h2-12H,13-14H2,1H3,(H,23,25)(H,24,27). The molecule has 0 bridgehead atoms. The van der Waals surface area contributed by atoms with E-state index in [9.17, 15) is 14.4 Å². The summed E-state index contributed by atoms with van der Waals surface area (Å²) in [6, 6.07) is 18.1. The van der Waals surface area contributed by atoms with E-state index in [0.29, 0.717) is 11.3 Å². The lowest BCUT2D eigenvalue weighted by Crippen LogP contribution is -2.31. The molecule has 0 atom stereocenters. The van der Waals surface area contributed by atoms with Crippen molar-refractivity contribution in [2.75, 3.05) is 19.0 Å². The summed E-state index contributed by atoms with van der Waals surface area (Å²) in [5, 5.41) is 5.26. The molecule has 3 aromatic rings. The van der Waals surface area contributed by atoms with Gasteiger partial charge in [-0.05, 0) is 29.3 Å². The van der Waals surface area contributed by atoms with E-state index in [1.54, 1.807) is 30.3 Å². The lowest BCUT2D eigenvalue weighted by atomic mass is 10.1. The molecule has 7 nitrogen and oxygen atoms in total. The maximum atomic E-state index is 12.6. The van der Waals surface area contributed by atoms with Crippen LogP contribution in [0.25, 0.3) is 11.1 Å². The van der Waals surface area contributed by atoms with Crippen LogP contribution in [0.5, 0.6) is 0 Å². The number of nitrogens with one attached hydrogen (secondary N) is 2. The largest absolute Gasteiger partial charge is 0.468 e. The van der Waals surface area contributed by atoms with Crippen molar-refractivity contribution < 1.29 is 23.5 Å². The van der Waals surface area contributed by atoms with Crippen LogP contribution < -0.4 is 10.6 Å². The predicted octanol–water partition coefficient (Wildman–Crippen LogP) is 3.03. The van der Waals surface area contributed by atoms with Gasteiger partial charge in [0.2, 0.25) is 5.91 Å². The van der Waals surface area contributed by atoms with Crippen molar-refractivity contribution in [1.29, 1.82) is 0 Å². The summed E-state index contributed by atoms with van der Waals surface area (Å²) in [7, 11) is 1.26. The van der Waals surface area contributed by atoms with Gasteiger partial charge in [0.1, 0.15) is 6.54 Å². The Morgan fingerprint density at radius 3 is 2.38 bits per heavy atom. The molecule has 2 aromatic carbocycles. The van der Waals surface area contributed by atoms with Crippen LogP contribution in [0.15, 0.2) is 71.3 Å². The Bertz CT molecular complexity index is 994. The molecule has 1 heterocycles. The number of carbonyl (C=O) groups is 3. The molecule has 29 heavy (non-hydrogen) atoms. The topological polar surface area (TPSA) is 97.6 Å². The molecule has 0 spiro atoms. The van der Waals surface area contributed by atoms with Crippen molar-refractivity contribution in [3.05, 3.63) is 78.3 Å². The van der Waals surface area contributed by atoms with Crippen LogP contribution in [0.3, 0.4) is 0 Å². The Hall–Kier alpha value is -3.87. The number of furan rings is 1. The van der Waals surface area contributed by atoms with Gasteiger partial charge in [-0.3, -0.25) is 14.4 Å². The van der Waals surface area contributed by atoms with E-state index >= 15 is 0 Å². The highest BCUT2D eigenvalue weighted by molar-refractivity contribution is 6.06. The molecule has 0 radical (unpaired) electrons. The van der Waals surface area contributed by atoms with Crippen molar-refractivity contribution in [3.8, 4) is 11.1 Å². The molecule has 0 aliphatic carbocycles. The number of esters is 1. The molecule has 0 aliphatic rings. The van der Waals surface area contributed by atoms with Gasteiger partial charge < -0.3 is 19.8 Å². The van der Waals surface area contributed by atoms with Gasteiger partial charge in [0.15, 0.2) is 5.76 Å². The first-order valence-corrected chi connectivity index (χ1v) is 8.93. The van der Waals surface area contributed by atoms with Gasteiger partial charge >= 0.3 is 5.97 Å². The van der Waals surface area contributed by atoms with Crippen molar-refractivity contribution in [3.63, 3.8) is 0 Å². The van der Waals surface area contributed by atoms with Crippen LogP contribution in [0, 0.1) is 0 Å². The normalized spacial score (nSPS) is 10.2. The Kier molecular flexibility index (Phi) is 6.42. The zero-order chi connectivity index (χ0) is 20.6. The summed E-state index contributed by atoms with van der Waals surface area (Å²) in [5.74, 6) is -0.945. The zero-order valence-electron chi connectivity index (χ0n) is 15.8. The van der Waals surface area contributed by atoms with Gasteiger partial charge in [0, 0.05) is 11.3 Å². The number of rotatable bonds is 7. The van der Waals surface area contributed by atoms with Crippen LogP contribution in [0.4, 0.5) is 5.69 Å². The predicted molar refractivity (Wildman–Crippen MR) is 107 cm³/mol. The number of hydrogen-bond donors (Lipinski definition) is 2. The molecule has 7 heteroatoms. The van der Waals surface area contributed by atoms with Crippen LogP contribution in [0.2, 0.25) is 0 Å². The first-order chi connectivity index (χ1) is 14.1. The number of anilines is 1. The van der Waals surface area contributed by atoms with Crippen molar-refractivity contribution in [2.45, 2.75) is 6.42 Å². The molecule has 0 saturated carbocycles. The molecule has 0 fully saturated rings. The molecule has 1 aromatic heterocycles. The molecule has 0 saturated heterocycles. The fraction of sp³-hybridized carbons (Fsp3) is 0.136. The minimum atomic E-state index is -0.510. The fourth-order valence-corrected chi connectivity index (χ4v) is 2.71. The Labute approximate surface area is 167 Å². The average Bonchev–Trinajstić information content (AvgIpc) is 3.24. The monoisotopic (exact) mass is 392 g/mol. The van der Waals surface area contributed by atoms with Crippen LogP contribution in [-0.4, -0.2) is 31.4 Å². The summed E-state index contributed by atoms with van der Waals surface area (Å²) < 4.78 is 9.85. The van der Waals surface area contributed by atoms with Gasteiger partial charge in [0.05, 0.1) is 19.8 Å². The third-order valence-electron chi connectivity index (χ3n) is 4.19. The van der Waals surface area contributed by atoms with E-state index in [1.807, 2.05) is 30.3 Å². The molecule has 3 rings (SSSR count). The van der Waals surface area contributed by atoms with Crippen LogP contribution >= 0.6 is 0 Å². The highest BCUT2D eigenvalue weighted by Gasteiger charge is 2.17. The molecular weight excluding hydrogens is 372 g/mol. The van der Waals surface area contributed by atoms with Crippen LogP contribution in [-0.2, 0) is 20.7 Å². The molecular formula is C22H20N2O5. The lowest BCUT2D eigenvalue weighted by molar-refractivity contribution is -0.141. The maximum Gasteiger partial charge on any atom is 0.325 e. The Morgan fingerprint density at radius 2 is 1.69 bits per heavy atom. The molecule has 2 amide bonds. The van der Waals surface area contributed by atoms with Crippen LogP contribution in [0.1, 0.15) is 16.1 Å². The minimum absolute atomic E-state index is 0.113. The zero-order valence-corrected chi connectivity index (χ0v) is 15.8. The number of amides is 2. The van der Waals surface area contributed by atoms with Gasteiger partial charge in [-0.25, -0.2) is 0 Å². The van der Waals surface area contributed by atoms with E-state index in [4.69, 9.17) is 4.42 Å². The Balaban J connectivity index is 1.61. The highest BCUT2D eigenvalue weighted by atomic mass is 16.5. The minimum Gasteiger partial charge on any atom is -0.468 e. The summed E-state index contributed by atoms with van der Waals surface area (Å²) in [5.41, 5.74) is 2.92. The average molecular weight is 392 g/mol. The summed E-state index contributed by atoms with van der Waals surface area (Å²) in [4.78, 5) is 35.5. The van der Waals surface area contributed by atoms with E-state index < -0.39 is 5.97 Å². The van der Waals surface area contributed by atoms with Gasteiger partial charge in [0.25, 0.3) is 5.91 Å². The third-order valence-corrected chi connectivity index (χ3v) is 4.19. The number of carbonyl (C=O) groups excluding carboxylic acids is 3. The molecule has 2 N–H and O–H groups in total. The van der Waals surface area contributed by atoms with Gasteiger partial charge in [-0.2, -0.15) is 0 Å². The first kappa shape index (κ1) is 19.9. The third kappa shape index (κ3) is 5.32. The van der Waals surface area contributed by atoms with E-state index in [0.717, 1.165) is 11.1 Å². The molecule has 0 aliphatic heterocycles. The fourth-order valence-electron chi connectivity index (χ4n) is 2.71. The van der Waals surface area contributed by atoms with E-state index in [1.165, 1.54) is 13.4 Å². The molecule has 0 unspecified atom stereocenters. The quantitative estimate of drug-likeness (QED) is 0.603. The second-order valence-electron chi connectivity index (χ2n) is 6.21. The van der Waals surface area contributed by atoms with Crippen molar-refractivity contribution >= 4 is 23.5 Å².